The normalized spacial score (nSPS) is 12.8. The Hall–Kier alpha value is -3.15. The first-order valence-corrected chi connectivity index (χ1v) is 8.76. The van der Waals surface area contributed by atoms with Crippen LogP contribution in [-0.4, -0.2) is 20.7 Å². The number of carbonyl (C=O) groups excluding carboxylic acids is 1. The first kappa shape index (κ1) is 16.3. The van der Waals surface area contributed by atoms with Gasteiger partial charge in [0.2, 0.25) is 0 Å². The monoisotopic (exact) mass is 348 g/mol. The molecular weight excluding hydrogens is 328 g/mol. The fourth-order valence-corrected chi connectivity index (χ4v) is 3.47. The van der Waals surface area contributed by atoms with Crippen molar-refractivity contribution in [3.63, 3.8) is 0 Å². The molecule has 0 aliphatic heterocycles. The summed E-state index contributed by atoms with van der Waals surface area (Å²) in [6.07, 6.45) is 4.40. The van der Waals surface area contributed by atoms with Crippen LogP contribution >= 0.6 is 0 Å². The highest BCUT2D eigenvalue weighted by Crippen LogP contribution is 2.28. The standard InChI is InChI=1S/C20H20N4O2/c1-13-5-2-3-7-17(13)24-18-8-4-6-16(18)19(23-24)20(26)22-12-14-11-15(25)9-10-21-14/h2-3,5,7,9-11H,4,6,8,12H2,1H3,(H,21,25)(H,22,26). The minimum absolute atomic E-state index is 0.0854. The van der Waals surface area contributed by atoms with Crippen molar-refractivity contribution in [1.82, 2.24) is 20.1 Å². The Balaban J connectivity index is 1.63. The van der Waals surface area contributed by atoms with Gasteiger partial charge in [-0.25, -0.2) is 4.68 Å². The largest absolute Gasteiger partial charge is 0.363 e. The summed E-state index contributed by atoms with van der Waals surface area (Å²) in [5, 5.41) is 7.49. The first-order chi connectivity index (χ1) is 12.6. The minimum atomic E-state index is -0.208. The van der Waals surface area contributed by atoms with Gasteiger partial charge in [-0.05, 0) is 37.8 Å². The molecule has 132 valence electrons. The summed E-state index contributed by atoms with van der Waals surface area (Å²) in [5.74, 6) is -0.208. The molecule has 2 N–H and O–H groups in total. The zero-order chi connectivity index (χ0) is 18.1. The Morgan fingerprint density at radius 3 is 2.92 bits per heavy atom. The van der Waals surface area contributed by atoms with E-state index in [0.29, 0.717) is 11.4 Å². The van der Waals surface area contributed by atoms with E-state index >= 15 is 0 Å². The second-order valence-electron chi connectivity index (χ2n) is 6.56. The number of hydrogen-bond donors (Lipinski definition) is 2. The van der Waals surface area contributed by atoms with Crippen LogP contribution in [0.1, 0.15) is 39.4 Å². The van der Waals surface area contributed by atoms with Crippen molar-refractivity contribution in [2.24, 2.45) is 0 Å². The van der Waals surface area contributed by atoms with Crippen molar-refractivity contribution in [3.05, 3.63) is 81.0 Å². The van der Waals surface area contributed by atoms with Crippen LogP contribution in [0.4, 0.5) is 0 Å². The molecule has 6 heteroatoms. The summed E-state index contributed by atoms with van der Waals surface area (Å²) in [4.78, 5) is 27.1. The van der Waals surface area contributed by atoms with Crippen LogP contribution in [0.3, 0.4) is 0 Å². The van der Waals surface area contributed by atoms with Gasteiger partial charge in [0.15, 0.2) is 11.1 Å². The van der Waals surface area contributed by atoms with Crippen LogP contribution in [0.25, 0.3) is 5.69 Å². The first-order valence-electron chi connectivity index (χ1n) is 8.76. The summed E-state index contributed by atoms with van der Waals surface area (Å²) >= 11 is 0. The van der Waals surface area contributed by atoms with Gasteiger partial charge in [-0.15, -0.1) is 0 Å². The van der Waals surface area contributed by atoms with Crippen molar-refractivity contribution in [2.45, 2.75) is 32.7 Å². The number of rotatable bonds is 4. The Morgan fingerprint density at radius 2 is 2.12 bits per heavy atom. The minimum Gasteiger partial charge on any atom is -0.363 e. The van der Waals surface area contributed by atoms with Gasteiger partial charge >= 0.3 is 0 Å². The number of hydrogen-bond acceptors (Lipinski definition) is 3. The Bertz CT molecular complexity index is 1030. The fourth-order valence-electron chi connectivity index (χ4n) is 3.47. The maximum absolute atomic E-state index is 12.7. The predicted molar refractivity (Wildman–Crippen MR) is 98.6 cm³/mol. The molecule has 0 spiro atoms. The van der Waals surface area contributed by atoms with Crippen molar-refractivity contribution >= 4 is 5.91 Å². The molecule has 2 aromatic heterocycles. The maximum atomic E-state index is 12.7. The van der Waals surface area contributed by atoms with E-state index in [9.17, 15) is 9.59 Å². The average molecular weight is 348 g/mol. The number of H-pyrrole nitrogens is 1. The zero-order valence-electron chi connectivity index (χ0n) is 14.6. The quantitative estimate of drug-likeness (QED) is 0.759. The zero-order valence-corrected chi connectivity index (χ0v) is 14.6. The van der Waals surface area contributed by atoms with Gasteiger partial charge in [0, 0.05) is 35.3 Å². The van der Waals surface area contributed by atoms with Gasteiger partial charge in [-0.3, -0.25) is 9.59 Å². The Kier molecular flexibility index (Phi) is 4.16. The molecule has 0 bridgehead atoms. The topological polar surface area (TPSA) is 79.8 Å². The summed E-state index contributed by atoms with van der Waals surface area (Å²) in [5.41, 5.74) is 5.36. The lowest BCUT2D eigenvalue weighted by molar-refractivity contribution is 0.0944. The van der Waals surface area contributed by atoms with E-state index in [1.165, 1.54) is 12.1 Å². The fraction of sp³-hybridized carbons (Fsp3) is 0.250. The van der Waals surface area contributed by atoms with E-state index in [4.69, 9.17) is 0 Å². The highest BCUT2D eigenvalue weighted by atomic mass is 16.2. The highest BCUT2D eigenvalue weighted by molar-refractivity contribution is 5.94. The predicted octanol–water partition coefficient (Wildman–Crippen LogP) is 2.29. The number of para-hydroxylation sites is 1. The van der Waals surface area contributed by atoms with E-state index in [-0.39, 0.29) is 17.9 Å². The second kappa shape index (κ2) is 6.63. The highest BCUT2D eigenvalue weighted by Gasteiger charge is 2.27. The van der Waals surface area contributed by atoms with Crippen molar-refractivity contribution in [3.8, 4) is 5.69 Å². The summed E-state index contributed by atoms with van der Waals surface area (Å²) in [6, 6.07) is 11.0. The van der Waals surface area contributed by atoms with Crippen molar-refractivity contribution in [1.29, 1.82) is 0 Å². The molecule has 0 atom stereocenters. The molecule has 3 aromatic rings. The van der Waals surface area contributed by atoms with Crippen LogP contribution in [0, 0.1) is 6.92 Å². The molecule has 1 amide bonds. The van der Waals surface area contributed by atoms with Gasteiger partial charge in [0.1, 0.15) is 0 Å². The molecule has 26 heavy (non-hydrogen) atoms. The van der Waals surface area contributed by atoms with Gasteiger partial charge in [-0.2, -0.15) is 5.10 Å². The Morgan fingerprint density at radius 1 is 1.27 bits per heavy atom. The number of amides is 1. The SMILES string of the molecule is Cc1ccccc1-n1nc(C(=O)NCc2cc(=O)cc[nH]2)c2c1CCC2. The average Bonchev–Trinajstić information content (AvgIpc) is 3.23. The molecule has 1 aliphatic rings. The third-order valence-corrected chi connectivity index (χ3v) is 4.76. The molecule has 0 fully saturated rings. The molecule has 4 rings (SSSR count). The molecule has 2 heterocycles. The lowest BCUT2D eigenvalue weighted by atomic mass is 10.2. The number of nitrogens with zero attached hydrogens (tertiary/aromatic N) is 2. The smallest absolute Gasteiger partial charge is 0.272 e. The van der Waals surface area contributed by atoms with Crippen LogP contribution < -0.4 is 10.7 Å². The van der Waals surface area contributed by atoms with Crippen LogP contribution in [0.2, 0.25) is 0 Å². The Labute approximate surface area is 150 Å². The van der Waals surface area contributed by atoms with Gasteiger partial charge in [-0.1, -0.05) is 18.2 Å². The molecule has 0 saturated heterocycles. The lowest BCUT2D eigenvalue weighted by Gasteiger charge is -2.08. The third kappa shape index (κ3) is 2.94. The van der Waals surface area contributed by atoms with Crippen LogP contribution in [0.15, 0.2) is 47.4 Å². The molecule has 1 aromatic carbocycles. The molecule has 6 nitrogen and oxygen atoms in total. The number of carbonyl (C=O) groups is 1. The number of aromatic nitrogens is 3. The van der Waals surface area contributed by atoms with E-state index in [2.05, 4.69) is 15.4 Å². The van der Waals surface area contributed by atoms with Gasteiger partial charge in [0.25, 0.3) is 5.91 Å². The van der Waals surface area contributed by atoms with E-state index in [1.54, 1.807) is 6.20 Å². The molecule has 0 radical (unpaired) electrons. The second-order valence-corrected chi connectivity index (χ2v) is 6.56. The van der Waals surface area contributed by atoms with E-state index < -0.39 is 0 Å². The number of aryl methyl sites for hydroxylation is 1. The summed E-state index contributed by atoms with van der Waals surface area (Å²) in [7, 11) is 0. The molecule has 0 unspecified atom stereocenters. The summed E-state index contributed by atoms with van der Waals surface area (Å²) < 4.78 is 1.91. The number of aromatic amines is 1. The number of benzene rings is 1. The van der Waals surface area contributed by atoms with E-state index in [1.807, 2.05) is 35.9 Å². The van der Waals surface area contributed by atoms with Crippen molar-refractivity contribution < 1.29 is 4.79 Å². The lowest BCUT2D eigenvalue weighted by Crippen LogP contribution is -2.25. The third-order valence-electron chi connectivity index (χ3n) is 4.76. The number of nitrogens with one attached hydrogen (secondary N) is 2. The van der Waals surface area contributed by atoms with Crippen molar-refractivity contribution in [2.75, 3.05) is 0 Å². The van der Waals surface area contributed by atoms with E-state index in [0.717, 1.165) is 41.8 Å². The molecular formula is C20H20N4O2. The molecule has 1 aliphatic carbocycles. The number of fused-ring (bicyclic) bond motifs is 1. The molecule has 0 saturated carbocycles. The summed E-state index contributed by atoms with van der Waals surface area (Å²) in [6.45, 7) is 2.31. The number of pyridine rings is 1. The van der Waals surface area contributed by atoms with Gasteiger partial charge < -0.3 is 10.3 Å². The maximum Gasteiger partial charge on any atom is 0.272 e. The van der Waals surface area contributed by atoms with Gasteiger partial charge in [0.05, 0.1) is 12.2 Å². The van der Waals surface area contributed by atoms with Crippen LogP contribution in [-0.2, 0) is 19.4 Å². The van der Waals surface area contributed by atoms with Crippen LogP contribution in [0.5, 0.6) is 0 Å².